The van der Waals surface area contributed by atoms with Crippen molar-refractivity contribution < 1.29 is 14.0 Å². The SMILES string of the molecule is O=C(c1ccc(F)cc1)N1CCC[C@H]([C@@H]2CCCCN2C(=O)c2ccccc2)C1. The van der Waals surface area contributed by atoms with Crippen LogP contribution in [0.2, 0.25) is 0 Å². The van der Waals surface area contributed by atoms with E-state index in [4.69, 9.17) is 0 Å². The van der Waals surface area contributed by atoms with Crippen molar-refractivity contribution in [1.82, 2.24) is 9.80 Å². The van der Waals surface area contributed by atoms with Gasteiger partial charge in [0.05, 0.1) is 0 Å². The third-order valence-electron chi connectivity index (χ3n) is 6.21. The van der Waals surface area contributed by atoms with Gasteiger partial charge < -0.3 is 9.80 Å². The van der Waals surface area contributed by atoms with Gasteiger partial charge in [-0.1, -0.05) is 18.2 Å². The number of carbonyl (C=O) groups is 2. The van der Waals surface area contributed by atoms with Crippen LogP contribution in [0.4, 0.5) is 4.39 Å². The first-order chi connectivity index (χ1) is 14.1. The van der Waals surface area contributed by atoms with E-state index in [9.17, 15) is 14.0 Å². The van der Waals surface area contributed by atoms with Gasteiger partial charge in [0.25, 0.3) is 11.8 Å². The highest BCUT2D eigenvalue weighted by Crippen LogP contribution is 2.31. The Hall–Kier alpha value is -2.69. The Morgan fingerprint density at radius 3 is 2.28 bits per heavy atom. The highest BCUT2D eigenvalue weighted by atomic mass is 19.1. The first kappa shape index (κ1) is 19.6. The molecule has 152 valence electrons. The summed E-state index contributed by atoms with van der Waals surface area (Å²) in [7, 11) is 0. The number of halogens is 1. The predicted octanol–water partition coefficient (Wildman–Crippen LogP) is 4.37. The summed E-state index contributed by atoms with van der Waals surface area (Å²) in [5.74, 6) is -0.0137. The van der Waals surface area contributed by atoms with Gasteiger partial charge in [0.2, 0.25) is 0 Å². The van der Waals surface area contributed by atoms with Crippen LogP contribution in [0.1, 0.15) is 52.8 Å². The largest absolute Gasteiger partial charge is 0.338 e. The number of piperidine rings is 2. The molecule has 2 fully saturated rings. The van der Waals surface area contributed by atoms with Crippen LogP contribution in [0.3, 0.4) is 0 Å². The minimum absolute atomic E-state index is 0.0496. The van der Waals surface area contributed by atoms with Crippen molar-refractivity contribution in [3.8, 4) is 0 Å². The Morgan fingerprint density at radius 1 is 0.793 bits per heavy atom. The van der Waals surface area contributed by atoms with Crippen LogP contribution >= 0.6 is 0 Å². The second kappa shape index (κ2) is 8.76. The number of amides is 2. The van der Waals surface area contributed by atoms with Gasteiger partial charge in [-0.15, -0.1) is 0 Å². The molecule has 2 heterocycles. The Morgan fingerprint density at radius 2 is 1.52 bits per heavy atom. The monoisotopic (exact) mass is 394 g/mol. The lowest BCUT2D eigenvalue weighted by Gasteiger charge is -2.44. The molecule has 2 aromatic carbocycles. The van der Waals surface area contributed by atoms with Crippen molar-refractivity contribution in [2.75, 3.05) is 19.6 Å². The van der Waals surface area contributed by atoms with Crippen LogP contribution in [0.15, 0.2) is 54.6 Å². The molecule has 2 saturated heterocycles. The normalized spacial score (nSPS) is 22.4. The molecule has 4 nitrogen and oxygen atoms in total. The number of nitrogens with zero attached hydrogens (tertiary/aromatic N) is 2. The summed E-state index contributed by atoms with van der Waals surface area (Å²) >= 11 is 0. The third-order valence-corrected chi connectivity index (χ3v) is 6.21. The minimum Gasteiger partial charge on any atom is -0.338 e. The maximum atomic E-state index is 13.2. The second-order valence-electron chi connectivity index (χ2n) is 8.09. The van der Waals surface area contributed by atoms with E-state index in [-0.39, 0.29) is 29.6 Å². The van der Waals surface area contributed by atoms with E-state index in [1.165, 1.54) is 12.1 Å². The molecule has 29 heavy (non-hydrogen) atoms. The lowest BCUT2D eigenvalue weighted by molar-refractivity contribution is 0.0349. The van der Waals surface area contributed by atoms with Gasteiger partial charge in [-0.2, -0.15) is 0 Å². The molecule has 0 radical (unpaired) electrons. The van der Waals surface area contributed by atoms with Crippen molar-refractivity contribution in [1.29, 1.82) is 0 Å². The molecule has 0 saturated carbocycles. The number of likely N-dealkylation sites (tertiary alicyclic amines) is 2. The van der Waals surface area contributed by atoms with E-state index >= 15 is 0 Å². The molecular formula is C24H27FN2O2. The third kappa shape index (κ3) is 4.34. The molecular weight excluding hydrogens is 367 g/mol. The molecule has 2 amide bonds. The average Bonchev–Trinajstić information content (AvgIpc) is 2.79. The Kier molecular flexibility index (Phi) is 5.93. The first-order valence-corrected chi connectivity index (χ1v) is 10.5. The molecule has 2 aliphatic rings. The molecule has 4 rings (SSSR count). The molecule has 2 aromatic rings. The lowest BCUT2D eigenvalue weighted by Crippen LogP contribution is -2.52. The van der Waals surface area contributed by atoms with Crippen LogP contribution in [-0.2, 0) is 0 Å². The number of carbonyl (C=O) groups excluding carboxylic acids is 2. The van der Waals surface area contributed by atoms with Gasteiger partial charge in [0.1, 0.15) is 5.82 Å². The summed E-state index contributed by atoms with van der Waals surface area (Å²) in [6, 6.07) is 15.4. The Labute approximate surface area is 171 Å². The van der Waals surface area contributed by atoms with Crippen LogP contribution in [0.5, 0.6) is 0 Å². The van der Waals surface area contributed by atoms with Crippen LogP contribution in [0.25, 0.3) is 0 Å². The van der Waals surface area contributed by atoms with E-state index in [0.717, 1.165) is 44.2 Å². The molecule has 2 aliphatic heterocycles. The summed E-state index contributed by atoms with van der Waals surface area (Å²) in [4.78, 5) is 29.9. The van der Waals surface area contributed by atoms with E-state index in [1.54, 1.807) is 12.1 Å². The maximum absolute atomic E-state index is 13.2. The van der Waals surface area contributed by atoms with Gasteiger partial charge in [-0.25, -0.2) is 4.39 Å². The standard InChI is InChI=1S/C24H27FN2O2/c25-21-13-11-19(12-14-21)23(28)26-15-6-9-20(17-26)22-10-4-5-16-27(22)24(29)18-7-2-1-3-8-18/h1-3,7-8,11-14,20,22H,4-6,9-10,15-17H2/t20-,22-/m0/s1. The van der Waals surface area contributed by atoms with Crippen LogP contribution < -0.4 is 0 Å². The molecule has 2 atom stereocenters. The van der Waals surface area contributed by atoms with E-state index in [0.29, 0.717) is 18.7 Å². The molecule has 5 heteroatoms. The molecule has 0 aliphatic carbocycles. The fourth-order valence-electron chi connectivity index (χ4n) is 4.73. The smallest absolute Gasteiger partial charge is 0.254 e. The van der Waals surface area contributed by atoms with Gasteiger partial charge in [0.15, 0.2) is 0 Å². The number of rotatable bonds is 3. The van der Waals surface area contributed by atoms with Gasteiger partial charge >= 0.3 is 0 Å². The summed E-state index contributed by atoms with van der Waals surface area (Å²) < 4.78 is 13.2. The van der Waals surface area contributed by atoms with E-state index < -0.39 is 0 Å². The highest BCUT2D eigenvalue weighted by Gasteiger charge is 2.36. The van der Waals surface area contributed by atoms with Gasteiger partial charge in [-0.05, 0) is 74.4 Å². The second-order valence-corrected chi connectivity index (χ2v) is 8.09. The van der Waals surface area contributed by atoms with Gasteiger partial charge in [-0.3, -0.25) is 9.59 Å². The Bertz CT molecular complexity index is 853. The fraction of sp³-hybridized carbons (Fsp3) is 0.417. The zero-order valence-corrected chi connectivity index (χ0v) is 16.6. The molecule has 0 aromatic heterocycles. The first-order valence-electron chi connectivity index (χ1n) is 10.5. The topological polar surface area (TPSA) is 40.6 Å². The van der Waals surface area contributed by atoms with Crippen LogP contribution in [-0.4, -0.2) is 47.3 Å². The molecule has 0 unspecified atom stereocenters. The maximum Gasteiger partial charge on any atom is 0.254 e. The highest BCUT2D eigenvalue weighted by molar-refractivity contribution is 5.95. The molecule has 0 spiro atoms. The Balaban J connectivity index is 1.49. The lowest BCUT2D eigenvalue weighted by atomic mass is 9.84. The minimum atomic E-state index is -0.338. The summed E-state index contributed by atoms with van der Waals surface area (Å²) in [6.45, 7) is 2.15. The molecule has 0 N–H and O–H groups in total. The van der Waals surface area contributed by atoms with Crippen molar-refractivity contribution in [2.45, 2.75) is 38.1 Å². The zero-order valence-electron chi connectivity index (χ0n) is 16.6. The van der Waals surface area contributed by atoms with E-state index in [2.05, 4.69) is 0 Å². The zero-order chi connectivity index (χ0) is 20.2. The van der Waals surface area contributed by atoms with Crippen LogP contribution in [0, 0.1) is 11.7 Å². The van der Waals surface area contributed by atoms with E-state index in [1.807, 2.05) is 40.1 Å². The van der Waals surface area contributed by atoms with Crippen molar-refractivity contribution in [2.24, 2.45) is 5.92 Å². The van der Waals surface area contributed by atoms with Gasteiger partial charge in [0, 0.05) is 36.8 Å². The predicted molar refractivity (Wildman–Crippen MR) is 110 cm³/mol. The number of benzene rings is 2. The van der Waals surface area contributed by atoms with Crippen molar-refractivity contribution in [3.05, 3.63) is 71.5 Å². The molecule has 0 bridgehead atoms. The fourth-order valence-corrected chi connectivity index (χ4v) is 4.73. The number of hydrogen-bond donors (Lipinski definition) is 0. The number of hydrogen-bond acceptors (Lipinski definition) is 2. The average molecular weight is 394 g/mol. The van der Waals surface area contributed by atoms with Crippen molar-refractivity contribution in [3.63, 3.8) is 0 Å². The quantitative estimate of drug-likeness (QED) is 0.776. The summed E-state index contributed by atoms with van der Waals surface area (Å²) in [5.41, 5.74) is 1.25. The van der Waals surface area contributed by atoms with Crippen molar-refractivity contribution >= 4 is 11.8 Å². The summed E-state index contributed by atoms with van der Waals surface area (Å²) in [5, 5.41) is 0. The summed E-state index contributed by atoms with van der Waals surface area (Å²) in [6.07, 6.45) is 5.09.